The van der Waals surface area contributed by atoms with Crippen LogP contribution < -0.4 is 10.9 Å². The van der Waals surface area contributed by atoms with Crippen molar-refractivity contribution < 1.29 is 0 Å². The van der Waals surface area contributed by atoms with E-state index in [1.54, 1.807) is 13.4 Å². The van der Waals surface area contributed by atoms with Gasteiger partial charge in [0.15, 0.2) is 0 Å². The number of nitrogens with zero attached hydrogens (tertiary/aromatic N) is 3. The molecule has 0 atom stereocenters. The van der Waals surface area contributed by atoms with Crippen LogP contribution >= 0.6 is 0 Å². The van der Waals surface area contributed by atoms with Crippen molar-refractivity contribution >= 4 is 13.3 Å². The Morgan fingerprint density at radius 2 is 1.78 bits per heavy atom. The molecule has 1 heterocycles. The van der Waals surface area contributed by atoms with Gasteiger partial charge < -0.3 is 0 Å². The van der Waals surface area contributed by atoms with E-state index in [4.69, 9.17) is 0 Å². The molecule has 0 radical (unpaired) electrons. The van der Waals surface area contributed by atoms with Crippen molar-refractivity contribution in [1.82, 2.24) is 14.3 Å². The highest BCUT2D eigenvalue weighted by atomic mass is 28.3. The maximum atomic E-state index is 11.7. The lowest BCUT2D eigenvalue weighted by Gasteiger charge is -2.16. The molecule has 1 aromatic heterocycles. The molecule has 0 aliphatic heterocycles. The molecule has 96 valence electrons. The van der Waals surface area contributed by atoms with Gasteiger partial charge in [-0.15, -0.1) is 0 Å². The van der Waals surface area contributed by atoms with Gasteiger partial charge >= 0.3 is 5.69 Å². The highest BCUT2D eigenvalue weighted by Gasteiger charge is 2.15. The summed E-state index contributed by atoms with van der Waals surface area (Å²) in [5.41, 5.74) is 1.03. The van der Waals surface area contributed by atoms with Crippen LogP contribution in [-0.4, -0.2) is 22.4 Å². The van der Waals surface area contributed by atoms with Gasteiger partial charge in [-0.2, -0.15) is 5.10 Å². The lowest BCUT2D eigenvalue weighted by Crippen LogP contribution is -2.37. The first-order valence-electron chi connectivity index (χ1n) is 6.06. The number of rotatable bonds is 3. The Morgan fingerprint density at radius 3 is 2.22 bits per heavy atom. The van der Waals surface area contributed by atoms with Crippen LogP contribution in [0.2, 0.25) is 19.6 Å². The molecule has 0 spiro atoms. The van der Waals surface area contributed by atoms with Crippen molar-refractivity contribution in [1.29, 1.82) is 0 Å². The fourth-order valence-electron chi connectivity index (χ4n) is 1.81. The maximum Gasteiger partial charge on any atom is 0.345 e. The van der Waals surface area contributed by atoms with E-state index in [1.165, 1.54) is 14.4 Å². The largest absolute Gasteiger partial charge is 0.345 e. The summed E-state index contributed by atoms with van der Waals surface area (Å²) in [5, 5.41) is 5.49. The van der Waals surface area contributed by atoms with E-state index >= 15 is 0 Å². The van der Waals surface area contributed by atoms with Crippen molar-refractivity contribution in [3.05, 3.63) is 46.6 Å². The summed E-state index contributed by atoms with van der Waals surface area (Å²) in [6.45, 7) is 7.51. The molecule has 2 rings (SSSR count). The highest BCUT2D eigenvalue weighted by molar-refractivity contribution is 6.88. The third-order valence-electron chi connectivity index (χ3n) is 3.04. The monoisotopic (exact) mass is 261 g/mol. The van der Waals surface area contributed by atoms with Gasteiger partial charge in [-0.3, -0.25) is 4.57 Å². The molecule has 2 aromatic rings. The van der Waals surface area contributed by atoms with Crippen LogP contribution in [0.4, 0.5) is 0 Å². The highest BCUT2D eigenvalue weighted by Crippen LogP contribution is 2.05. The number of aromatic nitrogens is 3. The summed E-state index contributed by atoms with van der Waals surface area (Å²) >= 11 is 0. The molecule has 0 bridgehead atoms. The molecule has 0 N–H and O–H groups in total. The Morgan fingerprint density at radius 1 is 1.17 bits per heavy atom. The van der Waals surface area contributed by atoms with Crippen LogP contribution in [0.3, 0.4) is 0 Å². The number of benzene rings is 1. The zero-order valence-corrected chi connectivity index (χ0v) is 12.3. The topological polar surface area (TPSA) is 39.8 Å². The summed E-state index contributed by atoms with van der Waals surface area (Å²) in [6, 6.07) is 8.54. The van der Waals surface area contributed by atoms with Gasteiger partial charge in [-0.25, -0.2) is 9.48 Å². The van der Waals surface area contributed by atoms with Gasteiger partial charge in [0.05, 0.1) is 14.6 Å². The first-order chi connectivity index (χ1) is 8.38. The molecule has 0 aliphatic carbocycles. The lowest BCUT2D eigenvalue weighted by atomic mass is 10.2. The standard InChI is InChI=1S/C13H19N3OSi/c1-15-10-14-16(13(15)17)9-11-5-7-12(8-6-11)18(2,3)4/h5-8,10H,9H2,1-4H3. The van der Waals surface area contributed by atoms with E-state index in [1.807, 2.05) is 0 Å². The van der Waals surface area contributed by atoms with Crippen LogP contribution in [0, 0.1) is 0 Å². The Bertz CT molecular complexity index is 590. The first-order valence-corrected chi connectivity index (χ1v) is 9.56. The molecular formula is C13H19N3OSi. The smallest absolute Gasteiger partial charge is 0.285 e. The fourth-order valence-corrected chi connectivity index (χ4v) is 2.98. The van der Waals surface area contributed by atoms with E-state index in [9.17, 15) is 4.79 Å². The summed E-state index contributed by atoms with van der Waals surface area (Å²) in [5.74, 6) is 0. The van der Waals surface area contributed by atoms with E-state index < -0.39 is 8.07 Å². The number of hydrogen-bond acceptors (Lipinski definition) is 2. The third kappa shape index (κ3) is 2.61. The van der Waals surface area contributed by atoms with Gasteiger partial charge in [0.1, 0.15) is 6.33 Å². The predicted molar refractivity (Wildman–Crippen MR) is 76.0 cm³/mol. The average Bonchev–Trinajstić information content (AvgIpc) is 2.61. The van der Waals surface area contributed by atoms with E-state index in [0.717, 1.165) is 5.56 Å². The third-order valence-corrected chi connectivity index (χ3v) is 5.10. The van der Waals surface area contributed by atoms with Gasteiger partial charge in [0.25, 0.3) is 0 Å². The SMILES string of the molecule is Cn1cnn(Cc2ccc([Si](C)(C)C)cc2)c1=O. The second kappa shape index (κ2) is 4.57. The minimum Gasteiger partial charge on any atom is -0.285 e. The molecule has 0 aliphatic rings. The first kappa shape index (κ1) is 12.8. The van der Waals surface area contributed by atoms with E-state index in [0.29, 0.717) is 6.54 Å². The summed E-state index contributed by atoms with van der Waals surface area (Å²) in [4.78, 5) is 11.7. The minimum absolute atomic E-state index is 0.0794. The Kier molecular flexibility index (Phi) is 3.25. The molecule has 18 heavy (non-hydrogen) atoms. The normalized spacial score (nSPS) is 11.8. The predicted octanol–water partition coefficient (Wildman–Crippen LogP) is 1.18. The van der Waals surface area contributed by atoms with Gasteiger partial charge in [0.2, 0.25) is 0 Å². The van der Waals surface area contributed by atoms with Crippen LogP contribution in [0.1, 0.15) is 5.56 Å². The summed E-state index contributed by atoms with van der Waals surface area (Å²) in [6.07, 6.45) is 1.54. The van der Waals surface area contributed by atoms with E-state index in [2.05, 4.69) is 49.0 Å². The second-order valence-corrected chi connectivity index (χ2v) is 10.7. The van der Waals surface area contributed by atoms with E-state index in [-0.39, 0.29) is 5.69 Å². The zero-order chi connectivity index (χ0) is 13.3. The molecule has 4 nitrogen and oxygen atoms in total. The molecule has 1 aromatic carbocycles. The quantitative estimate of drug-likeness (QED) is 0.778. The van der Waals surface area contributed by atoms with Crippen molar-refractivity contribution in [2.75, 3.05) is 0 Å². The molecular weight excluding hydrogens is 242 g/mol. The van der Waals surface area contributed by atoms with Crippen LogP contribution in [-0.2, 0) is 13.6 Å². The van der Waals surface area contributed by atoms with Crippen molar-refractivity contribution in [3.63, 3.8) is 0 Å². The van der Waals surface area contributed by atoms with Crippen molar-refractivity contribution in [2.45, 2.75) is 26.2 Å². The zero-order valence-electron chi connectivity index (χ0n) is 11.3. The molecule has 0 amide bonds. The average molecular weight is 261 g/mol. The van der Waals surface area contributed by atoms with Gasteiger partial charge in [-0.05, 0) is 5.56 Å². The molecule has 0 saturated carbocycles. The van der Waals surface area contributed by atoms with Crippen LogP contribution in [0.5, 0.6) is 0 Å². The Labute approximate surface area is 108 Å². The molecule has 0 unspecified atom stereocenters. The molecule has 0 fully saturated rings. The number of aryl methyl sites for hydroxylation is 1. The Balaban J connectivity index is 2.21. The van der Waals surface area contributed by atoms with Crippen LogP contribution in [0.25, 0.3) is 0 Å². The van der Waals surface area contributed by atoms with Gasteiger partial charge in [0, 0.05) is 7.05 Å². The Hall–Kier alpha value is -1.62. The van der Waals surface area contributed by atoms with Gasteiger partial charge in [-0.1, -0.05) is 49.1 Å². The fraction of sp³-hybridized carbons (Fsp3) is 0.385. The maximum absolute atomic E-state index is 11.7. The van der Waals surface area contributed by atoms with Crippen LogP contribution in [0.15, 0.2) is 35.4 Å². The summed E-state index contributed by atoms with van der Waals surface area (Å²) in [7, 11) is 0.465. The summed E-state index contributed by atoms with van der Waals surface area (Å²) < 4.78 is 2.96. The number of hydrogen-bond donors (Lipinski definition) is 0. The molecule has 5 heteroatoms. The van der Waals surface area contributed by atoms with Crippen molar-refractivity contribution in [3.8, 4) is 0 Å². The molecule has 0 saturated heterocycles. The minimum atomic E-state index is -1.24. The lowest BCUT2D eigenvalue weighted by molar-refractivity contribution is 0.647. The van der Waals surface area contributed by atoms with Crippen molar-refractivity contribution in [2.24, 2.45) is 7.05 Å². The second-order valence-electron chi connectivity index (χ2n) is 5.63.